The Morgan fingerprint density at radius 1 is 1.13 bits per heavy atom. The Hall–Kier alpha value is -2.04. The summed E-state index contributed by atoms with van der Waals surface area (Å²) in [4.78, 5) is 5.36. The van der Waals surface area contributed by atoms with Crippen molar-refractivity contribution in [2.45, 2.75) is 104 Å². The van der Waals surface area contributed by atoms with E-state index >= 15 is 0 Å². The molecular weight excluding hydrogens is 498 g/mol. The van der Waals surface area contributed by atoms with Crippen LogP contribution >= 0.6 is 11.6 Å². The largest absolute Gasteiger partial charge is 0.303 e. The van der Waals surface area contributed by atoms with E-state index in [-0.39, 0.29) is 5.54 Å². The highest BCUT2D eigenvalue weighted by Gasteiger charge is 2.43. The molecule has 1 aromatic rings. The molecule has 1 aromatic carbocycles. The van der Waals surface area contributed by atoms with Crippen LogP contribution in [0.1, 0.15) is 96.6 Å². The van der Waals surface area contributed by atoms with E-state index in [2.05, 4.69) is 68.7 Å². The maximum absolute atomic E-state index is 8.56. The van der Waals surface area contributed by atoms with E-state index in [1.54, 1.807) is 11.6 Å². The van der Waals surface area contributed by atoms with E-state index in [4.69, 9.17) is 23.3 Å². The molecule has 0 N–H and O–H groups in total. The quantitative estimate of drug-likeness (QED) is 0.303. The molecule has 3 nitrogen and oxygen atoms in total. The van der Waals surface area contributed by atoms with Gasteiger partial charge >= 0.3 is 0 Å². The fraction of sp³-hybridized carbons (Fsp3) is 0.629. The van der Waals surface area contributed by atoms with Crippen LogP contribution in [0.4, 0.5) is 0 Å². The van der Waals surface area contributed by atoms with E-state index in [1.807, 2.05) is 25.1 Å². The summed E-state index contributed by atoms with van der Waals surface area (Å²) in [6, 6.07) is 8.23. The summed E-state index contributed by atoms with van der Waals surface area (Å²) in [5.74, 6) is 4.61. The van der Waals surface area contributed by atoms with Gasteiger partial charge in [-0.05, 0) is 95.1 Å². The number of terminal acetylenes is 1. The first kappa shape index (κ1) is 33.2. The highest BCUT2D eigenvalue weighted by molar-refractivity contribution is 6.31. The lowest BCUT2D eigenvalue weighted by Crippen LogP contribution is -2.52. The van der Waals surface area contributed by atoms with Crippen LogP contribution in [0.15, 0.2) is 42.0 Å². The van der Waals surface area contributed by atoms with Crippen LogP contribution in [-0.4, -0.2) is 48.1 Å². The van der Waals surface area contributed by atoms with Gasteiger partial charge in [0.15, 0.2) is 0 Å². The average molecular weight is 550 g/mol. The SMILES string of the molecule is C#CCC(CC)(CC)N1CCC(CN(C)C2CC2C2=CCCC=C2)CC1.CCC.Cc1cccc(Cl)c1C#N. The minimum absolute atomic E-state index is 0.243. The zero-order valence-electron chi connectivity index (χ0n) is 25.5. The topological polar surface area (TPSA) is 30.3 Å². The van der Waals surface area contributed by atoms with Crippen molar-refractivity contribution in [3.63, 3.8) is 0 Å². The Morgan fingerprint density at radius 3 is 2.28 bits per heavy atom. The minimum Gasteiger partial charge on any atom is -0.303 e. The second-order valence-electron chi connectivity index (χ2n) is 11.5. The fourth-order valence-corrected chi connectivity index (χ4v) is 6.35. The van der Waals surface area contributed by atoms with Gasteiger partial charge in [0.2, 0.25) is 0 Å². The van der Waals surface area contributed by atoms with Gasteiger partial charge < -0.3 is 4.90 Å². The molecule has 1 aliphatic heterocycles. The number of allylic oxidation sites excluding steroid dienone is 3. The monoisotopic (exact) mass is 549 g/mol. The number of hydrogen-bond donors (Lipinski definition) is 0. The summed E-state index contributed by atoms with van der Waals surface area (Å²) < 4.78 is 0. The number of likely N-dealkylation sites (tertiary alicyclic amines) is 1. The third-order valence-electron chi connectivity index (χ3n) is 8.69. The Kier molecular flexibility index (Phi) is 14.4. The van der Waals surface area contributed by atoms with Crippen LogP contribution < -0.4 is 0 Å². The molecule has 2 fully saturated rings. The molecule has 0 bridgehead atoms. The van der Waals surface area contributed by atoms with Crippen molar-refractivity contribution in [2.24, 2.45) is 11.8 Å². The third-order valence-corrected chi connectivity index (χ3v) is 9.00. The van der Waals surface area contributed by atoms with Crippen molar-refractivity contribution in [2.75, 3.05) is 26.7 Å². The van der Waals surface area contributed by atoms with Crippen LogP contribution in [0, 0.1) is 42.4 Å². The number of hydrogen-bond acceptors (Lipinski definition) is 3. The number of nitriles is 1. The van der Waals surface area contributed by atoms with Crippen molar-refractivity contribution >= 4 is 11.6 Å². The number of benzene rings is 1. The van der Waals surface area contributed by atoms with Gasteiger partial charge in [-0.1, -0.05) is 76.1 Å². The molecule has 214 valence electrons. The van der Waals surface area contributed by atoms with Crippen LogP contribution in [-0.2, 0) is 0 Å². The molecule has 0 spiro atoms. The summed E-state index contributed by atoms with van der Waals surface area (Å²) in [6.07, 6.45) is 23.9. The second-order valence-corrected chi connectivity index (χ2v) is 11.9. The molecule has 2 atom stereocenters. The zero-order chi connectivity index (χ0) is 28.8. The molecule has 0 amide bonds. The van der Waals surface area contributed by atoms with E-state index in [0.29, 0.717) is 10.6 Å². The van der Waals surface area contributed by atoms with Gasteiger partial charge in [-0.25, -0.2) is 0 Å². The fourth-order valence-electron chi connectivity index (χ4n) is 6.09. The van der Waals surface area contributed by atoms with Gasteiger partial charge in [0, 0.05) is 30.5 Å². The minimum atomic E-state index is 0.243. The zero-order valence-corrected chi connectivity index (χ0v) is 26.2. The number of aryl methyl sites for hydroxylation is 1. The van der Waals surface area contributed by atoms with Gasteiger partial charge in [0.05, 0.1) is 10.6 Å². The highest BCUT2D eigenvalue weighted by Crippen LogP contribution is 2.43. The lowest BCUT2D eigenvalue weighted by molar-refractivity contribution is 0.0390. The van der Waals surface area contributed by atoms with E-state index in [9.17, 15) is 0 Å². The maximum Gasteiger partial charge on any atom is 0.101 e. The van der Waals surface area contributed by atoms with Crippen molar-refractivity contribution in [3.8, 4) is 18.4 Å². The number of nitrogens with zero attached hydrogens (tertiary/aromatic N) is 3. The van der Waals surface area contributed by atoms with Crippen molar-refractivity contribution in [1.82, 2.24) is 9.80 Å². The normalized spacial score (nSPS) is 21.0. The lowest BCUT2D eigenvalue weighted by atomic mass is 9.84. The first-order chi connectivity index (χ1) is 18.8. The molecule has 2 aliphatic carbocycles. The van der Waals surface area contributed by atoms with Gasteiger partial charge in [-0.3, -0.25) is 4.90 Å². The molecule has 0 aromatic heterocycles. The molecule has 4 rings (SSSR count). The Balaban J connectivity index is 0.000000341. The predicted molar refractivity (Wildman–Crippen MR) is 169 cm³/mol. The first-order valence-corrected chi connectivity index (χ1v) is 15.6. The third kappa shape index (κ3) is 9.53. The van der Waals surface area contributed by atoms with Gasteiger partial charge in [0.1, 0.15) is 6.07 Å². The Labute approximate surface area is 245 Å². The van der Waals surface area contributed by atoms with Crippen molar-refractivity contribution in [3.05, 3.63) is 58.1 Å². The molecule has 0 radical (unpaired) electrons. The standard InChI is InChI=1S/C24H38N2.C8H6ClN.C3H8/c1-5-15-24(6-2,7-3)26-16-13-20(14-17-26)19-25(4)23-18-22(23)21-11-9-8-10-12-21;1-6-3-2-4-8(9)7(6)5-10;1-3-2/h1,9,11-12,20,22-23H,6-8,10,13-19H2,2-4H3;2-4H,1H3;3H2,1-2H3. The second kappa shape index (κ2) is 16.9. The lowest BCUT2D eigenvalue weighted by Gasteiger charge is -2.46. The molecule has 4 heteroatoms. The average Bonchev–Trinajstić information content (AvgIpc) is 3.75. The van der Waals surface area contributed by atoms with Crippen LogP contribution in [0.5, 0.6) is 0 Å². The molecule has 1 saturated carbocycles. The summed E-state index contributed by atoms with van der Waals surface area (Å²) in [6.45, 7) is 14.5. The van der Waals surface area contributed by atoms with Gasteiger partial charge in [-0.15, -0.1) is 12.3 Å². The number of rotatable bonds is 8. The van der Waals surface area contributed by atoms with Crippen LogP contribution in [0.25, 0.3) is 0 Å². The number of halogens is 1. The predicted octanol–water partition coefficient (Wildman–Crippen LogP) is 8.81. The Bertz CT molecular complexity index is 995. The van der Waals surface area contributed by atoms with E-state index < -0.39 is 0 Å². The molecule has 3 aliphatic rings. The molecule has 1 heterocycles. The van der Waals surface area contributed by atoms with Gasteiger partial charge in [0.25, 0.3) is 0 Å². The maximum atomic E-state index is 8.56. The summed E-state index contributed by atoms with van der Waals surface area (Å²) in [5.41, 5.74) is 3.35. The van der Waals surface area contributed by atoms with Crippen molar-refractivity contribution in [1.29, 1.82) is 5.26 Å². The Morgan fingerprint density at radius 2 is 1.79 bits per heavy atom. The van der Waals surface area contributed by atoms with Gasteiger partial charge in [-0.2, -0.15) is 5.26 Å². The molecule has 39 heavy (non-hydrogen) atoms. The van der Waals surface area contributed by atoms with E-state index in [0.717, 1.165) is 29.9 Å². The summed E-state index contributed by atoms with van der Waals surface area (Å²) in [7, 11) is 2.35. The smallest absolute Gasteiger partial charge is 0.101 e. The van der Waals surface area contributed by atoms with E-state index in [1.165, 1.54) is 71.0 Å². The highest BCUT2D eigenvalue weighted by atomic mass is 35.5. The van der Waals surface area contributed by atoms with Crippen molar-refractivity contribution < 1.29 is 0 Å². The molecular formula is C35H52ClN3. The molecule has 1 saturated heterocycles. The summed E-state index contributed by atoms with van der Waals surface area (Å²) in [5, 5.41) is 9.09. The number of piperidine rings is 1. The van der Waals surface area contributed by atoms with Crippen LogP contribution in [0.3, 0.4) is 0 Å². The molecule has 2 unspecified atom stereocenters. The first-order valence-electron chi connectivity index (χ1n) is 15.2. The van der Waals surface area contributed by atoms with Crippen LogP contribution in [0.2, 0.25) is 5.02 Å². The summed E-state index contributed by atoms with van der Waals surface area (Å²) >= 11 is 5.71.